The number of carbonyl (C=O) groups is 3. The van der Waals surface area contributed by atoms with Crippen molar-refractivity contribution in [3.8, 4) is 5.75 Å². The fourth-order valence-corrected chi connectivity index (χ4v) is 9.01. The average Bonchev–Trinajstić information content (AvgIpc) is 3.52. The van der Waals surface area contributed by atoms with E-state index < -0.39 is 71.8 Å². The minimum Gasteiger partial charge on any atom is -0.479 e. The molecule has 3 N–H and O–H groups in total. The highest BCUT2D eigenvalue weighted by atomic mass is 19.1. The van der Waals surface area contributed by atoms with Crippen molar-refractivity contribution in [3.63, 3.8) is 0 Å². The molecule has 3 aliphatic carbocycles. The van der Waals surface area contributed by atoms with Crippen LogP contribution in [0.3, 0.4) is 0 Å². The van der Waals surface area contributed by atoms with Crippen LogP contribution in [0, 0.1) is 39.8 Å². The van der Waals surface area contributed by atoms with Crippen molar-refractivity contribution in [2.24, 2.45) is 34.0 Å². The predicted molar refractivity (Wildman–Crippen MR) is 172 cm³/mol. The summed E-state index contributed by atoms with van der Waals surface area (Å²) in [7, 11) is -1.61. The van der Waals surface area contributed by atoms with Crippen LogP contribution < -0.4 is 15.5 Å². The number of ketones is 1. The van der Waals surface area contributed by atoms with Gasteiger partial charge in [0.1, 0.15) is 17.5 Å². The summed E-state index contributed by atoms with van der Waals surface area (Å²) < 4.78 is 38.1. The third kappa shape index (κ3) is 6.10. The van der Waals surface area contributed by atoms with Crippen LogP contribution in [0.2, 0.25) is 0 Å². The third-order valence-corrected chi connectivity index (χ3v) is 11.8. The number of Topliss-reactive ketones (excluding diaryl/α,β-unsaturated/α-hetero) is 1. The Bertz CT molecular complexity index is 1430. The maximum absolute atomic E-state index is 15.6. The minimum atomic E-state index is -1.61. The molecule has 12 heteroatoms. The number of hydrogen-bond acceptors (Lipinski definition) is 9. The lowest BCUT2D eigenvalue weighted by Crippen LogP contribution is -2.63. The van der Waals surface area contributed by atoms with Crippen LogP contribution in [0.15, 0.2) is 24.8 Å². The number of amides is 1. The second-order valence-corrected chi connectivity index (χ2v) is 15.6. The number of rotatable bonds is 7. The number of aliphatic hydroxyl groups excluding tert-OH is 1. The molecule has 258 valence electrons. The maximum atomic E-state index is 15.6. The van der Waals surface area contributed by atoms with E-state index in [1.165, 1.54) is 12.1 Å². The molecule has 3 fully saturated rings. The Morgan fingerprint density at radius 1 is 1.23 bits per heavy atom. The van der Waals surface area contributed by atoms with Crippen LogP contribution in [0.25, 0.3) is 0 Å². The zero-order chi connectivity index (χ0) is 34.7. The first kappa shape index (κ1) is 35.4. The van der Waals surface area contributed by atoms with Gasteiger partial charge < -0.3 is 34.3 Å². The molecule has 9 atom stereocenters. The summed E-state index contributed by atoms with van der Waals surface area (Å²) in [6.45, 7) is 16.6. The molecule has 2 bridgehead atoms. The molecule has 47 heavy (non-hydrogen) atoms. The summed E-state index contributed by atoms with van der Waals surface area (Å²) in [5.41, 5.74) is -2.40. The number of fused-ring (bicyclic) bond motifs is 1. The van der Waals surface area contributed by atoms with Gasteiger partial charge in [0.05, 0.1) is 12.2 Å². The fourth-order valence-electron chi connectivity index (χ4n) is 9.01. The van der Waals surface area contributed by atoms with Crippen molar-refractivity contribution in [3.05, 3.63) is 36.2 Å². The average molecular weight is 658 g/mol. The smallest absolute Gasteiger partial charge is 0.479 e. The highest BCUT2D eigenvalue weighted by Gasteiger charge is 2.68. The molecule has 1 unspecified atom stereocenters. The van der Waals surface area contributed by atoms with Crippen molar-refractivity contribution in [2.75, 3.05) is 13.2 Å². The number of ether oxygens (including phenoxy) is 3. The SMILES string of the molecule is C=C[C@]1(C)C[C@@H](OC(=O)COc2ccc3c(c2F)B(O)OC3CNC(=O)OC(C)(C)C)[C@@]2(C)[C@@H]3C(=O)CC[C@@]3(CC[C@@H]2C)[C@@H](C)[C@@H]1O. The summed E-state index contributed by atoms with van der Waals surface area (Å²) >= 11 is 0. The second-order valence-electron chi connectivity index (χ2n) is 15.6. The number of nitrogens with one attached hydrogen (secondary N) is 1. The minimum absolute atomic E-state index is 0.0614. The summed E-state index contributed by atoms with van der Waals surface area (Å²) in [4.78, 5) is 39.1. The summed E-state index contributed by atoms with van der Waals surface area (Å²) in [6.07, 6.45) is 1.75. The first-order chi connectivity index (χ1) is 21.9. The molecular formula is C35H49BFNO9. The Balaban J connectivity index is 1.33. The number of hydrogen-bond donors (Lipinski definition) is 3. The summed E-state index contributed by atoms with van der Waals surface area (Å²) in [6, 6.07) is 2.85. The van der Waals surface area contributed by atoms with E-state index in [0.717, 1.165) is 12.8 Å². The zero-order valence-electron chi connectivity index (χ0n) is 28.6. The van der Waals surface area contributed by atoms with E-state index in [0.29, 0.717) is 18.4 Å². The van der Waals surface area contributed by atoms with Crippen LogP contribution in [-0.4, -0.2) is 66.1 Å². The van der Waals surface area contributed by atoms with E-state index in [-0.39, 0.29) is 47.7 Å². The van der Waals surface area contributed by atoms with Crippen LogP contribution in [0.5, 0.6) is 5.75 Å². The van der Waals surface area contributed by atoms with Gasteiger partial charge in [-0.2, -0.15) is 0 Å². The number of halogens is 1. The Morgan fingerprint density at radius 3 is 2.60 bits per heavy atom. The molecule has 0 spiro atoms. The Kier molecular flexibility index (Phi) is 9.40. The molecule has 1 heterocycles. The van der Waals surface area contributed by atoms with Crippen molar-refractivity contribution in [1.82, 2.24) is 5.32 Å². The van der Waals surface area contributed by atoms with E-state index in [9.17, 15) is 24.5 Å². The summed E-state index contributed by atoms with van der Waals surface area (Å²) in [5, 5.41) is 24.8. The van der Waals surface area contributed by atoms with Gasteiger partial charge in [0.2, 0.25) is 0 Å². The van der Waals surface area contributed by atoms with Crippen molar-refractivity contribution < 1.29 is 47.8 Å². The number of carbonyl (C=O) groups excluding carboxylic acids is 3. The first-order valence-electron chi connectivity index (χ1n) is 16.7. The Hall–Kier alpha value is -2.96. The van der Waals surface area contributed by atoms with Gasteiger partial charge in [-0.05, 0) is 75.3 Å². The largest absolute Gasteiger partial charge is 0.495 e. The van der Waals surface area contributed by atoms with Crippen molar-refractivity contribution >= 4 is 30.4 Å². The van der Waals surface area contributed by atoms with Gasteiger partial charge in [-0.15, -0.1) is 6.58 Å². The highest BCUT2D eigenvalue weighted by molar-refractivity contribution is 6.62. The number of aliphatic hydroxyl groups is 1. The molecule has 1 aromatic carbocycles. The van der Waals surface area contributed by atoms with Crippen LogP contribution >= 0.6 is 0 Å². The lowest BCUT2D eigenvalue weighted by atomic mass is 9.44. The lowest BCUT2D eigenvalue weighted by Gasteiger charge is -2.61. The Morgan fingerprint density at radius 2 is 1.94 bits per heavy atom. The van der Waals surface area contributed by atoms with Gasteiger partial charge in [0.15, 0.2) is 18.2 Å². The number of esters is 1. The molecule has 5 rings (SSSR count). The number of alkyl carbamates (subject to hydrolysis) is 1. The van der Waals surface area contributed by atoms with Gasteiger partial charge in [-0.3, -0.25) is 4.79 Å². The molecule has 1 amide bonds. The van der Waals surface area contributed by atoms with Crippen LogP contribution in [0.4, 0.5) is 9.18 Å². The maximum Gasteiger partial charge on any atom is 0.495 e. The molecule has 3 saturated carbocycles. The van der Waals surface area contributed by atoms with Gasteiger partial charge >= 0.3 is 19.2 Å². The van der Waals surface area contributed by atoms with E-state index in [4.69, 9.17) is 18.9 Å². The quantitative estimate of drug-likeness (QED) is 0.221. The Labute approximate surface area is 276 Å². The number of benzene rings is 1. The molecule has 0 radical (unpaired) electrons. The monoisotopic (exact) mass is 657 g/mol. The molecule has 1 aromatic rings. The zero-order valence-corrected chi connectivity index (χ0v) is 28.6. The van der Waals surface area contributed by atoms with Gasteiger partial charge in [0.25, 0.3) is 0 Å². The second kappa shape index (κ2) is 12.5. The molecular weight excluding hydrogens is 608 g/mol. The van der Waals surface area contributed by atoms with Crippen molar-refractivity contribution in [2.45, 2.75) is 104 Å². The van der Waals surface area contributed by atoms with Gasteiger partial charge in [-0.25, -0.2) is 14.0 Å². The van der Waals surface area contributed by atoms with E-state index >= 15 is 4.39 Å². The standard InChI is InChI=1S/C35H49BFNO9/c1-9-33(7)16-25(34(8)19(2)12-14-35(20(3)30(33)41)15-13-22(39)29(34)35)45-26(40)18-44-23-11-10-21-24(47-36(43)27(21)28(23)37)17-38-31(42)46-32(4,5)6/h9-11,19-20,24-25,29-30,41,43H,1,12-18H2,2-8H3,(H,38,42)/t19-,20-,24?,25+,29-,30-,33+,34-,35-/m0/s1. The molecule has 0 saturated heterocycles. The van der Waals surface area contributed by atoms with Crippen molar-refractivity contribution in [1.29, 1.82) is 0 Å². The fraction of sp³-hybridized carbons (Fsp3) is 0.686. The van der Waals surface area contributed by atoms with Crippen LogP contribution in [-0.2, 0) is 23.7 Å². The van der Waals surface area contributed by atoms with Crippen LogP contribution in [0.1, 0.15) is 92.2 Å². The topological polar surface area (TPSA) is 141 Å². The first-order valence-corrected chi connectivity index (χ1v) is 16.7. The lowest BCUT2D eigenvalue weighted by molar-refractivity contribution is -0.207. The highest BCUT2D eigenvalue weighted by Crippen LogP contribution is 2.68. The van der Waals surface area contributed by atoms with E-state index in [1.54, 1.807) is 26.8 Å². The normalized spacial score (nSPS) is 36.5. The molecule has 0 aromatic heterocycles. The predicted octanol–water partition coefficient (Wildman–Crippen LogP) is 4.39. The molecule has 1 aliphatic heterocycles. The molecule has 10 nitrogen and oxygen atoms in total. The molecule has 4 aliphatic rings. The third-order valence-electron chi connectivity index (χ3n) is 11.8. The van der Waals surface area contributed by atoms with E-state index in [2.05, 4.69) is 18.8 Å². The van der Waals surface area contributed by atoms with E-state index in [1.807, 2.05) is 20.8 Å². The van der Waals surface area contributed by atoms with Gasteiger partial charge in [-0.1, -0.05) is 39.8 Å². The van der Waals surface area contributed by atoms with Gasteiger partial charge in [0, 0.05) is 35.2 Å². The summed E-state index contributed by atoms with van der Waals surface area (Å²) in [5.74, 6) is -2.21.